The highest BCUT2D eigenvalue weighted by Crippen LogP contribution is 2.33. The summed E-state index contributed by atoms with van der Waals surface area (Å²) in [6.45, 7) is 2.65. The fourth-order valence-corrected chi connectivity index (χ4v) is 3.44. The van der Waals surface area contributed by atoms with Gasteiger partial charge in [-0.1, -0.05) is 23.7 Å². The van der Waals surface area contributed by atoms with Crippen LogP contribution < -0.4 is 11.1 Å². The molecular weight excluding hydrogens is 322 g/mol. The van der Waals surface area contributed by atoms with E-state index in [1.807, 2.05) is 12.1 Å². The van der Waals surface area contributed by atoms with Crippen molar-refractivity contribution < 1.29 is 9.32 Å². The fourth-order valence-electron chi connectivity index (χ4n) is 2.24. The minimum Gasteiger partial charge on any atom is -0.364 e. The Kier molecular flexibility index (Phi) is 6.42. The van der Waals surface area contributed by atoms with Crippen LogP contribution in [0, 0.1) is 0 Å². The number of carbonyl (C=O) groups excluding carboxylic acids is 1. The number of rotatable bonds is 8. The zero-order valence-electron chi connectivity index (χ0n) is 12.4. The van der Waals surface area contributed by atoms with E-state index in [9.17, 15) is 4.79 Å². The summed E-state index contributed by atoms with van der Waals surface area (Å²) >= 11 is 7.60. The van der Waals surface area contributed by atoms with Crippen molar-refractivity contribution in [3.63, 3.8) is 0 Å². The first-order valence-corrected chi connectivity index (χ1v) is 8.48. The van der Waals surface area contributed by atoms with Crippen LogP contribution in [0.2, 0.25) is 4.34 Å². The van der Waals surface area contributed by atoms with Crippen LogP contribution in [0.4, 0.5) is 0 Å². The zero-order chi connectivity index (χ0) is 15.9. The molecule has 2 aromatic heterocycles. The first-order valence-electron chi connectivity index (χ1n) is 7.28. The molecule has 0 spiro atoms. The molecule has 5 nitrogen and oxygen atoms in total. The molecule has 7 heteroatoms. The number of amides is 1. The Morgan fingerprint density at radius 3 is 2.95 bits per heavy atom. The summed E-state index contributed by atoms with van der Waals surface area (Å²) in [5, 5.41) is 6.40. The second-order valence-electron chi connectivity index (χ2n) is 5.20. The Labute approximate surface area is 138 Å². The van der Waals surface area contributed by atoms with Crippen molar-refractivity contribution in [2.75, 3.05) is 6.54 Å². The van der Waals surface area contributed by atoms with Crippen LogP contribution in [0.3, 0.4) is 0 Å². The molecule has 0 saturated carbocycles. The number of nitrogens with zero attached hydrogens (tertiary/aromatic N) is 1. The van der Waals surface area contributed by atoms with Gasteiger partial charge < -0.3 is 15.6 Å². The normalized spacial score (nSPS) is 13.8. The third-order valence-corrected chi connectivity index (χ3v) is 4.97. The van der Waals surface area contributed by atoms with Gasteiger partial charge in [0.2, 0.25) is 0 Å². The molecule has 2 heterocycles. The molecule has 2 aromatic rings. The van der Waals surface area contributed by atoms with E-state index < -0.39 is 0 Å². The van der Waals surface area contributed by atoms with E-state index in [-0.39, 0.29) is 11.9 Å². The summed E-state index contributed by atoms with van der Waals surface area (Å²) in [5.74, 6) is 0.124. The lowest BCUT2D eigenvalue weighted by molar-refractivity contribution is 0.0951. The summed E-state index contributed by atoms with van der Waals surface area (Å²) in [5.41, 5.74) is 6.52. The lowest BCUT2D eigenvalue weighted by Crippen LogP contribution is -2.27. The molecule has 2 rings (SSSR count). The average molecular weight is 342 g/mol. The minimum atomic E-state index is -0.177. The maximum Gasteiger partial charge on any atom is 0.256 e. The predicted octanol–water partition coefficient (Wildman–Crippen LogP) is 3.42. The lowest BCUT2D eigenvalue weighted by Gasteiger charge is -2.19. The summed E-state index contributed by atoms with van der Waals surface area (Å²) < 4.78 is 5.44. The highest BCUT2D eigenvalue weighted by molar-refractivity contribution is 7.16. The second kappa shape index (κ2) is 8.31. The van der Waals surface area contributed by atoms with Gasteiger partial charge in [0.05, 0.1) is 16.1 Å². The third kappa shape index (κ3) is 4.83. The van der Waals surface area contributed by atoms with Gasteiger partial charge in [-0.05, 0) is 37.3 Å². The quantitative estimate of drug-likeness (QED) is 0.770. The van der Waals surface area contributed by atoms with Gasteiger partial charge in [-0.15, -0.1) is 11.3 Å². The maximum absolute atomic E-state index is 11.9. The molecule has 0 aliphatic rings. The lowest BCUT2D eigenvalue weighted by atomic mass is 9.94. The number of thiophene rings is 1. The summed E-state index contributed by atoms with van der Waals surface area (Å²) in [6, 6.07) is 4.10. The van der Waals surface area contributed by atoms with Crippen LogP contribution in [0.15, 0.2) is 29.1 Å². The zero-order valence-corrected chi connectivity index (χ0v) is 14.0. The summed E-state index contributed by atoms with van der Waals surface area (Å²) in [7, 11) is 0. The molecule has 1 amide bonds. The number of hydrogen-bond acceptors (Lipinski definition) is 5. The van der Waals surface area contributed by atoms with Crippen LogP contribution in [0.5, 0.6) is 0 Å². The van der Waals surface area contributed by atoms with Gasteiger partial charge in [-0.2, -0.15) is 0 Å². The van der Waals surface area contributed by atoms with Gasteiger partial charge in [-0.25, -0.2) is 0 Å². The molecule has 0 radical (unpaired) electrons. The first kappa shape index (κ1) is 17.0. The average Bonchev–Trinajstić information content (AvgIpc) is 3.17. The van der Waals surface area contributed by atoms with E-state index in [4.69, 9.17) is 17.3 Å². The van der Waals surface area contributed by atoms with Crippen molar-refractivity contribution in [3.05, 3.63) is 39.4 Å². The van der Waals surface area contributed by atoms with Crippen molar-refractivity contribution in [1.82, 2.24) is 10.5 Å². The maximum atomic E-state index is 11.9. The smallest absolute Gasteiger partial charge is 0.256 e. The van der Waals surface area contributed by atoms with Crippen LogP contribution in [0.1, 0.15) is 47.3 Å². The summed E-state index contributed by atoms with van der Waals surface area (Å²) in [4.78, 5) is 13.1. The molecule has 0 saturated heterocycles. The second-order valence-corrected chi connectivity index (χ2v) is 6.95. The number of hydrogen-bond donors (Lipinski definition) is 2. The largest absolute Gasteiger partial charge is 0.364 e. The molecule has 2 unspecified atom stereocenters. The number of nitrogens with two attached hydrogens (primary N) is 1. The molecule has 0 fully saturated rings. The number of carbonyl (C=O) groups is 1. The van der Waals surface area contributed by atoms with E-state index in [0.29, 0.717) is 18.0 Å². The van der Waals surface area contributed by atoms with Gasteiger partial charge in [0.1, 0.15) is 6.26 Å². The van der Waals surface area contributed by atoms with Crippen LogP contribution in [-0.2, 0) is 0 Å². The fraction of sp³-hybridized carbons (Fsp3) is 0.467. The van der Waals surface area contributed by atoms with E-state index >= 15 is 0 Å². The van der Waals surface area contributed by atoms with Crippen molar-refractivity contribution in [2.24, 2.45) is 5.73 Å². The third-order valence-electron chi connectivity index (χ3n) is 3.58. The first-order chi connectivity index (χ1) is 10.6. The topological polar surface area (TPSA) is 81.1 Å². The molecule has 0 aromatic carbocycles. The van der Waals surface area contributed by atoms with Crippen LogP contribution in [0.25, 0.3) is 0 Å². The number of halogens is 1. The van der Waals surface area contributed by atoms with E-state index in [1.54, 1.807) is 11.3 Å². The molecule has 120 valence electrons. The molecule has 22 heavy (non-hydrogen) atoms. The molecule has 3 N–H and O–H groups in total. The Balaban J connectivity index is 1.90. The van der Waals surface area contributed by atoms with Crippen molar-refractivity contribution in [2.45, 2.75) is 38.1 Å². The van der Waals surface area contributed by atoms with Crippen molar-refractivity contribution in [3.8, 4) is 0 Å². The Bertz CT molecular complexity index is 585. The van der Waals surface area contributed by atoms with Gasteiger partial charge >= 0.3 is 0 Å². The monoisotopic (exact) mass is 341 g/mol. The number of aromatic nitrogens is 1. The van der Waals surface area contributed by atoms with Crippen LogP contribution in [-0.4, -0.2) is 23.7 Å². The van der Waals surface area contributed by atoms with Gasteiger partial charge in [0.25, 0.3) is 5.91 Å². The SMILES string of the molecule is CCC(N)CC(CCNC(=O)c1cnoc1)c1ccc(Cl)s1. The number of nitrogens with one attached hydrogen (secondary N) is 1. The van der Waals surface area contributed by atoms with Gasteiger partial charge in [-0.3, -0.25) is 4.79 Å². The van der Waals surface area contributed by atoms with Crippen molar-refractivity contribution in [1.29, 1.82) is 0 Å². The van der Waals surface area contributed by atoms with Gasteiger partial charge in [0, 0.05) is 17.5 Å². The Morgan fingerprint density at radius 2 is 2.36 bits per heavy atom. The molecule has 0 bridgehead atoms. The predicted molar refractivity (Wildman–Crippen MR) is 88.4 cm³/mol. The van der Waals surface area contributed by atoms with Crippen molar-refractivity contribution >= 4 is 28.8 Å². The Hall–Kier alpha value is -1.37. The molecule has 2 atom stereocenters. The van der Waals surface area contributed by atoms with E-state index in [1.165, 1.54) is 17.3 Å². The molecule has 0 aliphatic heterocycles. The highest BCUT2D eigenvalue weighted by Gasteiger charge is 2.17. The van der Waals surface area contributed by atoms with E-state index in [2.05, 4.69) is 21.9 Å². The minimum absolute atomic E-state index is 0.152. The molecular formula is C15H20ClN3O2S. The summed E-state index contributed by atoms with van der Waals surface area (Å²) in [6.07, 6.45) is 5.37. The van der Waals surface area contributed by atoms with E-state index in [0.717, 1.165) is 23.6 Å². The standard InChI is InChI=1S/C15H20ClN3O2S/c1-2-12(17)7-10(13-3-4-14(16)22-13)5-6-18-15(20)11-8-19-21-9-11/h3-4,8-10,12H,2,5-7,17H2,1H3,(H,18,20). The van der Waals surface area contributed by atoms with Gasteiger partial charge in [0.15, 0.2) is 0 Å². The Morgan fingerprint density at radius 1 is 1.55 bits per heavy atom. The molecule has 0 aliphatic carbocycles. The van der Waals surface area contributed by atoms with Crippen LogP contribution >= 0.6 is 22.9 Å². The highest BCUT2D eigenvalue weighted by atomic mass is 35.5.